The molecule has 1 aliphatic rings. The van der Waals surface area contributed by atoms with E-state index in [1.54, 1.807) is 0 Å². The average molecular weight is 160 g/mol. The molecule has 0 atom stereocenters. The van der Waals surface area contributed by atoms with Crippen LogP contribution in [0.25, 0.3) is 0 Å². The number of rotatable bonds is 3. The quantitative estimate of drug-likeness (QED) is 0.612. The summed E-state index contributed by atoms with van der Waals surface area (Å²) in [5, 5.41) is 1.01. The van der Waals surface area contributed by atoms with Crippen molar-refractivity contribution < 1.29 is 0 Å². The van der Waals surface area contributed by atoms with E-state index in [0.717, 1.165) is 18.0 Å². The number of hydrogen-bond donors (Lipinski definition) is 0. The van der Waals surface area contributed by atoms with Crippen LogP contribution in [-0.4, -0.2) is 18.0 Å². The van der Waals surface area contributed by atoms with E-state index in [-0.39, 0.29) is 0 Å². The first-order chi connectivity index (χ1) is 4.83. The van der Waals surface area contributed by atoms with E-state index in [9.17, 15) is 0 Å². The molecule has 1 aliphatic heterocycles. The van der Waals surface area contributed by atoms with Gasteiger partial charge < -0.3 is 4.90 Å². The van der Waals surface area contributed by atoms with E-state index < -0.39 is 0 Å². The summed E-state index contributed by atoms with van der Waals surface area (Å²) >= 11 is 5.81. The Balaban J connectivity index is 2.18. The van der Waals surface area contributed by atoms with Gasteiger partial charge in [-0.2, -0.15) is 0 Å². The zero-order valence-electron chi connectivity index (χ0n) is 6.44. The fourth-order valence-electron chi connectivity index (χ4n) is 1.12. The Morgan fingerprint density at radius 1 is 1.70 bits per heavy atom. The Morgan fingerprint density at radius 3 is 3.00 bits per heavy atom. The lowest BCUT2D eigenvalue weighted by molar-refractivity contribution is 0.396. The van der Waals surface area contributed by atoms with Gasteiger partial charge in [-0.15, -0.1) is 0 Å². The average Bonchev–Trinajstić information content (AvgIpc) is 2.31. The highest BCUT2D eigenvalue weighted by molar-refractivity contribution is 6.29. The summed E-state index contributed by atoms with van der Waals surface area (Å²) in [5.41, 5.74) is 0. The van der Waals surface area contributed by atoms with E-state index in [1.165, 1.54) is 19.4 Å². The smallest absolute Gasteiger partial charge is 0.0357 e. The fourth-order valence-corrected chi connectivity index (χ4v) is 1.34. The van der Waals surface area contributed by atoms with Gasteiger partial charge in [0.25, 0.3) is 0 Å². The summed E-state index contributed by atoms with van der Waals surface area (Å²) in [6.45, 7) is 4.51. The molecule has 0 aromatic carbocycles. The molecule has 0 spiro atoms. The molecule has 0 N–H and O–H groups in total. The summed E-state index contributed by atoms with van der Waals surface area (Å²) in [5.74, 6) is 0. The third-order valence-electron chi connectivity index (χ3n) is 1.76. The molecule has 1 heterocycles. The second-order valence-corrected chi connectivity index (χ2v) is 3.20. The molecule has 0 aromatic heterocycles. The van der Waals surface area contributed by atoms with Crippen molar-refractivity contribution >= 4 is 11.6 Å². The van der Waals surface area contributed by atoms with Crippen molar-refractivity contribution in [3.05, 3.63) is 11.2 Å². The zero-order chi connectivity index (χ0) is 7.40. The van der Waals surface area contributed by atoms with Crippen LogP contribution in [0.3, 0.4) is 0 Å². The first-order valence-corrected chi connectivity index (χ1v) is 4.31. The van der Waals surface area contributed by atoms with Crippen LogP contribution in [0, 0.1) is 0 Å². The van der Waals surface area contributed by atoms with Gasteiger partial charge in [-0.25, -0.2) is 0 Å². The Bertz CT molecular complexity index is 131. The molecule has 0 bridgehead atoms. The molecule has 0 amide bonds. The second-order valence-electron chi connectivity index (χ2n) is 2.72. The van der Waals surface area contributed by atoms with Crippen LogP contribution >= 0.6 is 11.6 Å². The molecule has 0 fully saturated rings. The standard InChI is InChI=1S/C8H14ClN/c1-2-3-5-10-6-4-8(9)7-10/h7H,2-6H2,1H3. The maximum atomic E-state index is 5.81. The first kappa shape index (κ1) is 7.93. The maximum absolute atomic E-state index is 5.81. The van der Waals surface area contributed by atoms with Crippen LogP contribution in [0.2, 0.25) is 0 Å². The van der Waals surface area contributed by atoms with Crippen molar-refractivity contribution in [3.63, 3.8) is 0 Å². The van der Waals surface area contributed by atoms with Crippen LogP contribution in [0.1, 0.15) is 26.2 Å². The molecule has 10 heavy (non-hydrogen) atoms. The van der Waals surface area contributed by atoms with E-state index >= 15 is 0 Å². The van der Waals surface area contributed by atoms with Crippen LogP contribution in [-0.2, 0) is 0 Å². The lowest BCUT2D eigenvalue weighted by Crippen LogP contribution is -2.15. The molecule has 1 rings (SSSR count). The van der Waals surface area contributed by atoms with Gasteiger partial charge in [0, 0.05) is 30.7 Å². The van der Waals surface area contributed by atoms with Gasteiger partial charge in [0.05, 0.1) is 0 Å². The lowest BCUT2D eigenvalue weighted by Gasteiger charge is -2.13. The van der Waals surface area contributed by atoms with Gasteiger partial charge in [0.2, 0.25) is 0 Å². The molecule has 1 nitrogen and oxygen atoms in total. The van der Waals surface area contributed by atoms with Gasteiger partial charge >= 0.3 is 0 Å². The zero-order valence-corrected chi connectivity index (χ0v) is 7.19. The molecule has 58 valence electrons. The third-order valence-corrected chi connectivity index (χ3v) is 2.05. The van der Waals surface area contributed by atoms with Crippen LogP contribution < -0.4 is 0 Å². The summed E-state index contributed by atoms with van der Waals surface area (Å²) in [4.78, 5) is 2.30. The largest absolute Gasteiger partial charge is 0.376 e. The van der Waals surface area contributed by atoms with Crippen molar-refractivity contribution in [2.24, 2.45) is 0 Å². The van der Waals surface area contributed by atoms with Crippen molar-refractivity contribution in [1.29, 1.82) is 0 Å². The molecule has 0 unspecified atom stereocenters. The first-order valence-electron chi connectivity index (χ1n) is 3.93. The molecule has 2 heteroatoms. The third kappa shape index (κ3) is 2.22. The molecule has 0 saturated heterocycles. The topological polar surface area (TPSA) is 3.24 Å². The van der Waals surface area contributed by atoms with Crippen molar-refractivity contribution in [3.8, 4) is 0 Å². The molecular weight excluding hydrogens is 146 g/mol. The van der Waals surface area contributed by atoms with Gasteiger partial charge in [-0.1, -0.05) is 24.9 Å². The molecular formula is C8H14ClN. The summed E-state index contributed by atoms with van der Waals surface area (Å²) in [7, 11) is 0. The van der Waals surface area contributed by atoms with Gasteiger partial charge in [0.1, 0.15) is 0 Å². The minimum absolute atomic E-state index is 1.01. The summed E-state index contributed by atoms with van der Waals surface area (Å²) in [6.07, 6.45) is 5.66. The predicted molar refractivity (Wildman–Crippen MR) is 45.0 cm³/mol. The minimum atomic E-state index is 1.01. The monoisotopic (exact) mass is 159 g/mol. The Labute approximate surface area is 67.7 Å². The predicted octanol–water partition coefficient (Wildman–Crippen LogP) is 2.57. The highest BCUT2D eigenvalue weighted by Gasteiger charge is 2.08. The number of hydrogen-bond acceptors (Lipinski definition) is 1. The number of unbranched alkanes of at least 4 members (excludes halogenated alkanes) is 1. The highest BCUT2D eigenvalue weighted by atomic mass is 35.5. The lowest BCUT2D eigenvalue weighted by atomic mass is 10.3. The second kappa shape index (κ2) is 3.87. The van der Waals surface area contributed by atoms with E-state index in [2.05, 4.69) is 18.0 Å². The van der Waals surface area contributed by atoms with Crippen LogP contribution in [0.15, 0.2) is 11.2 Å². The molecule has 0 aliphatic carbocycles. The van der Waals surface area contributed by atoms with Crippen molar-refractivity contribution in [1.82, 2.24) is 4.90 Å². The van der Waals surface area contributed by atoms with E-state index in [0.29, 0.717) is 0 Å². The van der Waals surface area contributed by atoms with Crippen molar-refractivity contribution in [2.75, 3.05) is 13.1 Å². The highest BCUT2D eigenvalue weighted by Crippen LogP contribution is 2.17. The number of nitrogens with zero attached hydrogens (tertiary/aromatic N) is 1. The normalized spacial score (nSPS) is 17.8. The molecule has 0 radical (unpaired) electrons. The summed E-state index contributed by atoms with van der Waals surface area (Å²) in [6, 6.07) is 0. The fraction of sp³-hybridized carbons (Fsp3) is 0.750. The van der Waals surface area contributed by atoms with Crippen molar-refractivity contribution in [2.45, 2.75) is 26.2 Å². The SMILES string of the molecule is CCCCN1C=C(Cl)CC1. The van der Waals surface area contributed by atoms with Crippen LogP contribution in [0.5, 0.6) is 0 Å². The van der Waals surface area contributed by atoms with E-state index in [4.69, 9.17) is 11.6 Å². The Morgan fingerprint density at radius 2 is 2.50 bits per heavy atom. The molecule has 0 saturated carbocycles. The Hall–Kier alpha value is -0.170. The van der Waals surface area contributed by atoms with E-state index in [1.807, 2.05) is 0 Å². The van der Waals surface area contributed by atoms with Gasteiger partial charge in [0.15, 0.2) is 0 Å². The van der Waals surface area contributed by atoms with Gasteiger partial charge in [-0.05, 0) is 6.42 Å². The van der Waals surface area contributed by atoms with Gasteiger partial charge in [-0.3, -0.25) is 0 Å². The minimum Gasteiger partial charge on any atom is -0.376 e. The molecule has 0 aromatic rings. The number of halogens is 1. The maximum Gasteiger partial charge on any atom is 0.0357 e. The van der Waals surface area contributed by atoms with Crippen LogP contribution in [0.4, 0.5) is 0 Å². The Kier molecular flexibility index (Phi) is 3.07. The summed E-state index contributed by atoms with van der Waals surface area (Å²) < 4.78 is 0.